The Morgan fingerprint density at radius 1 is 0.755 bits per heavy atom. The second-order valence-corrected chi connectivity index (χ2v) is 12.5. The van der Waals surface area contributed by atoms with Gasteiger partial charge in [-0.2, -0.15) is 0 Å². The van der Waals surface area contributed by atoms with E-state index in [1.165, 1.54) is 7.11 Å². The van der Waals surface area contributed by atoms with Crippen LogP contribution in [0.3, 0.4) is 0 Å². The van der Waals surface area contributed by atoms with Gasteiger partial charge in [-0.05, 0) is 48.8 Å². The molecule has 2 aliphatic carbocycles. The highest BCUT2D eigenvalue weighted by molar-refractivity contribution is 5.93. The number of ether oxygens (including phenoxy) is 2. The van der Waals surface area contributed by atoms with Crippen molar-refractivity contribution < 1.29 is 34.3 Å². The first-order valence-corrected chi connectivity index (χ1v) is 17.4. The Morgan fingerprint density at radius 3 is 1.74 bits per heavy atom. The maximum atomic E-state index is 14.3. The predicted octanol–water partition coefficient (Wildman–Crippen LogP) is 8.96. The Kier molecular flexibility index (Phi) is 13.3. The van der Waals surface area contributed by atoms with Gasteiger partial charge in [0.1, 0.15) is 34.9 Å². The number of carbonyl (C=O) groups excluding carboxylic acids is 1. The number of rotatable bonds is 9. The van der Waals surface area contributed by atoms with Gasteiger partial charge in [0.2, 0.25) is 0 Å². The van der Waals surface area contributed by atoms with E-state index >= 15 is 0 Å². The summed E-state index contributed by atoms with van der Waals surface area (Å²) in [6, 6.07) is 30.0. The fourth-order valence-electron chi connectivity index (χ4n) is 7.23. The minimum absolute atomic E-state index is 0.155. The van der Waals surface area contributed by atoms with Gasteiger partial charge in [-0.25, -0.2) is 9.78 Å². The summed E-state index contributed by atoms with van der Waals surface area (Å²) in [7, 11) is 3.51. The average molecular weight is 711 g/mol. The third-order valence-electron chi connectivity index (χ3n) is 9.69. The summed E-state index contributed by atoms with van der Waals surface area (Å²) in [5, 5.41) is 14.0. The molecule has 0 bridgehead atoms. The zero-order chi connectivity index (χ0) is 37.9. The molecule has 53 heavy (non-hydrogen) atoms. The van der Waals surface area contributed by atoms with Crippen molar-refractivity contribution in [2.45, 2.75) is 19.4 Å². The van der Waals surface area contributed by atoms with Gasteiger partial charge >= 0.3 is 0 Å². The van der Waals surface area contributed by atoms with E-state index in [1.54, 1.807) is 12.2 Å². The number of allylic oxidation sites excluding steroid dienone is 9. The van der Waals surface area contributed by atoms with Gasteiger partial charge in [0.25, 0.3) is 0 Å². The topological polar surface area (TPSA) is 94.5 Å². The number of carbonyl (C=O) groups is 1. The van der Waals surface area contributed by atoms with Crippen molar-refractivity contribution in [2.24, 2.45) is 17.8 Å². The monoisotopic (exact) mass is 710 g/mol. The third-order valence-corrected chi connectivity index (χ3v) is 9.69. The first-order chi connectivity index (χ1) is 26.0. The first kappa shape index (κ1) is 38.7. The minimum Gasteiger partial charge on any atom is -0.456 e. The third kappa shape index (κ3) is 8.09. The van der Waals surface area contributed by atoms with Crippen LogP contribution in [0, 0.1) is 17.8 Å². The molecular weight excluding hydrogens is 664 g/mol. The number of hydrogen-bond acceptors (Lipinski definition) is 7. The number of benzene rings is 3. The molecule has 2 N–H and O–H groups in total. The summed E-state index contributed by atoms with van der Waals surface area (Å²) in [6.07, 6.45) is 13.6. The normalized spacial score (nSPS) is 23.0. The number of hydrogen-bond donors (Lipinski definition) is 2. The molecule has 0 radical (unpaired) electrons. The van der Waals surface area contributed by atoms with E-state index in [-0.39, 0.29) is 17.6 Å². The summed E-state index contributed by atoms with van der Waals surface area (Å²) in [5.41, 5.74) is 7.67. The lowest BCUT2D eigenvalue weighted by Gasteiger charge is -2.38. The molecule has 0 spiro atoms. The van der Waals surface area contributed by atoms with Crippen LogP contribution in [0.4, 0.5) is 0 Å². The maximum absolute atomic E-state index is 14.3. The van der Waals surface area contributed by atoms with Crippen molar-refractivity contribution in [1.29, 1.82) is 0 Å². The molecule has 2 saturated carbocycles. The summed E-state index contributed by atoms with van der Waals surface area (Å²) in [6.45, 7) is 9.90. The largest absolute Gasteiger partial charge is 0.456 e. The molecule has 2 aliphatic heterocycles. The summed E-state index contributed by atoms with van der Waals surface area (Å²) < 4.78 is 12.9. The second-order valence-electron chi connectivity index (χ2n) is 12.5. The van der Waals surface area contributed by atoms with Crippen LogP contribution in [0.25, 0.3) is 17.3 Å². The molecule has 7 heteroatoms. The predicted molar refractivity (Wildman–Crippen MR) is 210 cm³/mol. The molecule has 2 fully saturated rings. The molecule has 4 aliphatic rings. The van der Waals surface area contributed by atoms with Crippen LogP contribution in [0.15, 0.2) is 180 Å². The molecule has 4 unspecified atom stereocenters. The van der Waals surface area contributed by atoms with Crippen LogP contribution in [-0.2, 0) is 24.0 Å². The van der Waals surface area contributed by atoms with E-state index in [0.29, 0.717) is 12.2 Å². The van der Waals surface area contributed by atoms with E-state index in [2.05, 4.69) is 19.2 Å². The van der Waals surface area contributed by atoms with Crippen LogP contribution in [-0.4, -0.2) is 43.4 Å². The number of Topliss-reactive ketones (excluding diaryl/α,β-unsaturated/α-hetero) is 1. The standard InChI is InChI=1S/C44H38O5.2CH4O/c1-5-16-29(6-2)37-25-34(26-40(47-37)32-21-14-9-15-22-32)35-27-36-42(35)44(49-46-4)41(43(36)45)28(3)33-23-38(30-17-10-7-11-18-30)48-39(24-33)31-19-12-8-13-20-31;2*1-2/h5-26,36,41-42,44H,1-2,27H2,3-4H3;2*2H,1H3/b29-16+,35-34?;;. The zero-order valence-corrected chi connectivity index (χ0v) is 30.6. The molecular formula is C46H46O7. The van der Waals surface area contributed by atoms with Crippen molar-refractivity contribution in [2.75, 3.05) is 21.3 Å². The maximum Gasteiger partial charge on any atom is 0.146 e. The van der Waals surface area contributed by atoms with Gasteiger partial charge in [0.05, 0.1) is 13.0 Å². The van der Waals surface area contributed by atoms with Gasteiger partial charge in [-0.3, -0.25) is 4.79 Å². The van der Waals surface area contributed by atoms with Gasteiger partial charge in [0, 0.05) is 48.3 Å². The molecule has 0 amide bonds. The Morgan fingerprint density at radius 2 is 1.26 bits per heavy atom. The highest BCUT2D eigenvalue weighted by Gasteiger charge is 2.59. The Labute approximate surface area is 312 Å². The number of aliphatic hydroxyl groups excluding tert-OH is 2. The zero-order valence-electron chi connectivity index (χ0n) is 30.6. The molecule has 0 saturated heterocycles. The van der Waals surface area contributed by atoms with Crippen molar-refractivity contribution in [3.8, 4) is 0 Å². The Bertz CT molecular complexity index is 1950. The highest BCUT2D eigenvalue weighted by atomic mass is 17.2. The quantitative estimate of drug-likeness (QED) is 0.130. The first-order valence-electron chi connectivity index (χ1n) is 17.4. The minimum atomic E-state index is -0.507. The van der Waals surface area contributed by atoms with E-state index in [9.17, 15) is 4.79 Å². The number of fused-ring (bicyclic) bond motifs is 1. The summed E-state index contributed by atoms with van der Waals surface area (Å²) in [4.78, 5) is 25.7. The van der Waals surface area contributed by atoms with Crippen LogP contribution >= 0.6 is 0 Å². The molecule has 2 heterocycles. The van der Waals surface area contributed by atoms with Gasteiger partial charge in [-0.1, -0.05) is 134 Å². The molecule has 272 valence electrons. The molecule has 3 aromatic rings. The molecule has 3 aromatic carbocycles. The van der Waals surface area contributed by atoms with Crippen LogP contribution in [0.2, 0.25) is 0 Å². The molecule has 0 aromatic heterocycles. The van der Waals surface area contributed by atoms with Crippen molar-refractivity contribution in [3.05, 3.63) is 197 Å². The van der Waals surface area contributed by atoms with Gasteiger partial charge in [0.15, 0.2) is 0 Å². The number of ketones is 1. The van der Waals surface area contributed by atoms with E-state index < -0.39 is 12.0 Å². The average Bonchev–Trinajstić information content (AvgIpc) is 3.42. The number of aliphatic hydroxyl groups is 2. The smallest absolute Gasteiger partial charge is 0.146 e. The lowest BCUT2D eigenvalue weighted by molar-refractivity contribution is -0.317. The molecule has 7 rings (SSSR count). The van der Waals surface area contributed by atoms with Crippen LogP contribution in [0.5, 0.6) is 0 Å². The van der Waals surface area contributed by atoms with E-state index in [0.717, 1.165) is 76.1 Å². The summed E-state index contributed by atoms with van der Waals surface area (Å²) in [5.74, 6) is 2.16. The fraction of sp³-hybridized carbons (Fsp3) is 0.196. The Hall–Kier alpha value is -5.57. The fourth-order valence-corrected chi connectivity index (χ4v) is 7.23. The van der Waals surface area contributed by atoms with Gasteiger partial charge in [-0.15, -0.1) is 0 Å². The summed E-state index contributed by atoms with van der Waals surface area (Å²) >= 11 is 0. The Balaban J connectivity index is 0.00000131. The van der Waals surface area contributed by atoms with Gasteiger partial charge < -0.3 is 19.7 Å². The van der Waals surface area contributed by atoms with Crippen molar-refractivity contribution >= 4 is 23.1 Å². The molecule has 7 nitrogen and oxygen atoms in total. The second kappa shape index (κ2) is 18.3. The van der Waals surface area contributed by atoms with E-state index in [1.807, 2.05) is 122 Å². The van der Waals surface area contributed by atoms with Crippen molar-refractivity contribution in [1.82, 2.24) is 0 Å². The SMILES string of the molecule is C=C/C=C(\C=C)C1=CC(=C2CC3C(=O)C(C(C)=C4C=C(c5ccccc5)OC(c5ccccc5)=C4)C(OOC)C23)C=C(c2ccccc2)O1.CO.CO. The lowest BCUT2D eigenvalue weighted by Crippen LogP contribution is -2.36. The lowest BCUT2D eigenvalue weighted by atomic mass is 9.68. The van der Waals surface area contributed by atoms with Crippen LogP contribution < -0.4 is 0 Å². The van der Waals surface area contributed by atoms with E-state index in [4.69, 9.17) is 29.5 Å². The molecule has 4 atom stereocenters. The highest BCUT2D eigenvalue weighted by Crippen LogP contribution is 2.56. The van der Waals surface area contributed by atoms with Crippen molar-refractivity contribution in [3.63, 3.8) is 0 Å². The van der Waals surface area contributed by atoms with Crippen LogP contribution in [0.1, 0.15) is 30.0 Å².